The number of benzene rings is 1. The Labute approximate surface area is 139 Å². The zero-order valence-electron chi connectivity index (χ0n) is 14.6. The van der Waals surface area contributed by atoms with Crippen LogP contribution in [0.3, 0.4) is 0 Å². The molecule has 1 fully saturated rings. The number of carbonyl (C=O) groups is 1. The average molecular weight is 318 g/mol. The highest BCUT2D eigenvalue weighted by Gasteiger charge is 2.27. The fraction of sp³-hybridized carbons (Fsp3) is 0.632. The largest absolute Gasteiger partial charge is 0.388 e. The van der Waals surface area contributed by atoms with E-state index >= 15 is 0 Å². The molecular formula is C19H30N2O2. The van der Waals surface area contributed by atoms with Gasteiger partial charge in [0.05, 0.1) is 6.10 Å². The molecule has 2 atom stereocenters. The van der Waals surface area contributed by atoms with Crippen molar-refractivity contribution in [1.82, 2.24) is 10.2 Å². The molecule has 4 nitrogen and oxygen atoms in total. The summed E-state index contributed by atoms with van der Waals surface area (Å²) in [6.45, 7) is 7.79. The molecular weight excluding hydrogens is 288 g/mol. The molecule has 0 radical (unpaired) electrons. The van der Waals surface area contributed by atoms with Crippen LogP contribution in [0.2, 0.25) is 0 Å². The third kappa shape index (κ3) is 5.96. The van der Waals surface area contributed by atoms with Crippen LogP contribution in [-0.4, -0.2) is 40.6 Å². The molecule has 0 saturated carbocycles. The van der Waals surface area contributed by atoms with Crippen molar-refractivity contribution in [3.05, 3.63) is 35.9 Å². The van der Waals surface area contributed by atoms with Crippen molar-refractivity contribution in [2.45, 2.75) is 64.1 Å². The number of aliphatic hydroxyl groups excluding tert-OH is 1. The molecule has 4 heteroatoms. The third-order valence-electron chi connectivity index (χ3n) is 4.32. The standard InChI is InChI=1S/C19H30N2O2/c1-19(2,3)20-18(23)11-13-21-12-7-10-16(21)14-17(22)15-8-5-4-6-9-15/h4-6,8-9,16-17,22H,7,10-14H2,1-3H3,(H,20,23)/t16-,17-/m0/s1. The number of hydrogen-bond acceptors (Lipinski definition) is 3. The smallest absolute Gasteiger partial charge is 0.221 e. The van der Waals surface area contributed by atoms with Crippen molar-refractivity contribution >= 4 is 5.91 Å². The quantitative estimate of drug-likeness (QED) is 0.848. The van der Waals surface area contributed by atoms with Gasteiger partial charge in [-0.2, -0.15) is 0 Å². The van der Waals surface area contributed by atoms with Crippen LogP contribution in [0.5, 0.6) is 0 Å². The van der Waals surface area contributed by atoms with E-state index in [-0.39, 0.29) is 11.4 Å². The maximum atomic E-state index is 12.0. The highest BCUT2D eigenvalue weighted by atomic mass is 16.3. The van der Waals surface area contributed by atoms with E-state index in [4.69, 9.17) is 0 Å². The monoisotopic (exact) mass is 318 g/mol. The van der Waals surface area contributed by atoms with Gasteiger partial charge < -0.3 is 10.4 Å². The molecule has 0 aromatic heterocycles. The Hall–Kier alpha value is -1.39. The first-order chi connectivity index (χ1) is 10.8. The first kappa shape index (κ1) is 18.0. The lowest BCUT2D eigenvalue weighted by Gasteiger charge is -2.27. The molecule has 0 spiro atoms. The Morgan fingerprint density at radius 1 is 1.35 bits per heavy atom. The second-order valence-electron chi connectivity index (χ2n) is 7.54. The molecule has 1 amide bonds. The third-order valence-corrected chi connectivity index (χ3v) is 4.32. The zero-order chi connectivity index (χ0) is 16.9. The predicted octanol–water partition coefficient (Wildman–Crippen LogP) is 2.88. The van der Waals surface area contributed by atoms with Crippen LogP contribution >= 0.6 is 0 Å². The molecule has 128 valence electrons. The summed E-state index contributed by atoms with van der Waals surface area (Å²) in [5.74, 6) is 0.103. The molecule has 23 heavy (non-hydrogen) atoms. The van der Waals surface area contributed by atoms with Gasteiger partial charge in [-0.05, 0) is 52.1 Å². The van der Waals surface area contributed by atoms with E-state index in [1.54, 1.807) is 0 Å². The normalized spacial score (nSPS) is 20.4. The second-order valence-corrected chi connectivity index (χ2v) is 7.54. The summed E-state index contributed by atoms with van der Waals surface area (Å²) in [6.07, 6.45) is 3.09. The summed E-state index contributed by atoms with van der Waals surface area (Å²) in [4.78, 5) is 14.3. The number of likely N-dealkylation sites (tertiary alicyclic amines) is 1. The fourth-order valence-electron chi connectivity index (χ4n) is 3.25. The van der Waals surface area contributed by atoms with Crippen molar-refractivity contribution in [2.24, 2.45) is 0 Å². The van der Waals surface area contributed by atoms with Gasteiger partial charge in [-0.15, -0.1) is 0 Å². The Kier molecular flexibility index (Phi) is 6.19. The van der Waals surface area contributed by atoms with Crippen molar-refractivity contribution in [3.63, 3.8) is 0 Å². The van der Waals surface area contributed by atoms with Gasteiger partial charge in [0, 0.05) is 24.5 Å². The number of rotatable bonds is 6. The van der Waals surface area contributed by atoms with Crippen LogP contribution in [0.1, 0.15) is 58.1 Å². The summed E-state index contributed by atoms with van der Waals surface area (Å²) < 4.78 is 0. The lowest BCUT2D eigenvalue weighted by atomic mass is 10.0. The molecule has 1 saturated heterocycles. The van der Waals surface area contributed by atoms with Gasteiger partial charge >= 0.3 is 0 Å². The minimum absolute atomic E-state index is 0.103. The van der Waals surface area contributed by atoms with Crippen molar-refractivity contribution in [2.75, 3.05) is 13.1 Å². The number of nitrogens with zero attached hydrogens (tertiary/aromatic N) is 1. The molecule has 1 aromatic rings. The molecule has 1 aliphatic rings. The molecule has 0 bridgehead atoms. The summed E-state index contributed by atoms with van der Waals surface area (Å²) in [6, 6.07) is 10.2. The van der Waals surface area contributed by atoms with Gasteiger partial charge in [-0.25, -0.2) is 0 Å². The summed E-state index contributed by atoms with van der Waals surface area (Å²) in [5.41, 5.74) is 0.801. The Bertz CT molecular complexity index is 496. The van der Waals surface area contributed by atoms with Crippen LogP contribution in [0.4, 0.5) is 0 Å². The number of nitrogens with one attached hydrogen (secondary N) is 1. The lowest BCUT2D eigenvalue weighted by Crippen LogP contribution is -2.42. The van der Waals surface area contributed by atoms with Crippen molar-refractivity contribution < 1.29 is 9.90 Å². The summed E-state index contributed by atoms with van der Waals surface area (Å²) >= 11 is 0. The van der Waals surface area contributed by atoms with Crippen molar-refractivity contribution in [1.29, 1.82) is 0 Å². The number of amides is 1. The first-order valence-electron chi connectivity index (χ1n) is 8.63. The highest BCUT2D eigenvalue weighted by Crippen LogP contribution is 2.27. The molecule has 0 aliphatic carbocycles. The predicted molar refractivity (Wildman–Crippen MR) is 93.1 cm³/mol. The molecule has 2 rings (SSSR count). The summed E-state index contributed by atoms with van der Waals surface area (Å²) in [5, 5.41) is 13.4. The van der Waals surface area contributed by atoms with Crippen LogP contribution in [0, 0.1) is 0 Å². The van der Waals surface area contributed by atoms with Crippen LogP contribution in [0.15, 0.2) is 30.3 Å². The topological polar surface area (TPSA) is 52.6 Å². The minimum Gasteiger partial charge on any atom is -0.388 e. The van der Waals surface area contributed by atoms with Gasteiger partial charge in [0.1, 0.15) is 0 Å². The minimum atomic E-state index is -0.426. The van der Waals surface area contributed by atoms with Crippen LogP contribution in [0.25, 0.3) is 0 Å². The van der Waals surface area contributed by atoms with Gasteiger partial charge in [0.15, 0.2) is 0 Å². The van der Waals surface area contributed by atoms with Gasteiger partial charge in [0.25, 0.3) is 0 Å². The molecule has 0 unspecified atom stereocenters. The van der Waals surface area contributed by atoms with E-state index in [1.165, 1.54) is 0 Å². The molecule has 1 heterocycles. The van der Waals surface area contributed by atoms with E-state index in [0.717, 1.165) is 37.9 Å². The van der Waals surface area contributed by atoms with Gasteiger partial charge in [0.2, 0.25) is 5.91 Å². The maximum absolute atomic E-state index is 12.0. The molecule has 1 aromatic carbocycles. The van der Waals surface area contributed by atoms with Crippen LogP contribution < -0.4 is 5.32 Å². The summed E-state index contributed by atoms with van der Waals surface area (Å²) in [7, 11) is 0. The average Bonchev–Trinajstić information content (AvgIpc) is 2.91. The fourth-order valence-corrected chi connectivity index (χ4v) is 3.25. The second kappa shape index (κ2) is 7.93. The highest BCUT2D eigenvalue weighted by molar-refractivity contribution is 5.76. The van der Waals surface area contributed by atoms with Gasteiger partial charge in [-0.3, -0.25) is 9.69 Å². The van der Waals surface area contributed by atoms with E-state index in [1.807, 2.05) is 51.1 Å². The maximum Gasteiger partial charge on any atom is 0.221 e. The number of hydrogen-bond donors (Lipinski definition) is 2. The first-order valence-corrected chi connectivity index (χ1v) is 8.63. The van der Waals surface area contributed by atoms with E-state index in [0.29, 0.717) is 12.5 Å². The van der Waals surface area contributed by atoms with E-state index < -0.39 is 6.10 Å². The molecule has 2 N–H and O–H groups in total. The van der Waals surface area contributed by atoms with E-state index in [9.17, 15) is 9.90 Å². The SMILES string of the molecule is CC(C)(C)NC(=O)CCN1CCC[C@H]1C[C@H](O)c1ccccc1. The Morgan fingerprint density at radius 2 is 2.04 bits per heavy atom. The lowest BCUT2D eigenvalue weighted by molar-refractivity contribution is -0.122. The van der Waals surface area contributed by atoms with Crippen molar-refractivity contribution in [3.8, 4) is 0 Å². The van der Waals surface area contributed by atoms with Gasteiger partial charge in [-0.1, -0.05) is 30.3 Å². The Balaban J connectivity index is 1.82. The zero-order valence-corrected chi connectivity index (χ0v) is 14.6. The molecule has 1 aliphatic heterocycles. The number of aliphatic hydroxyl groups is 1. The number of carbonyl (C=O) groups excluding carboxylic acids is 1. The van der Waals surface area contributed by atoms with E-state index in [2.05, 4.69) is 10.2 Å². The Morgan fingerprint density at radius 3 is 2.70 bits per heavy atom. The van der Waals surface area contributed by atoms with Crippen LogP contribution in [-0.2, 0) is 4.79 Å².